The number of amides is 1. The van der Waals surface area contributed by atoms with E-state index in [-0.39, 0.29) is 5.91 Å². The second-order valence-corrected chi connectivity index (χ2v) is 5.87. The van der Waals surface area contributed by atoms with Crippen LogP contribution in [0.1, 0.15) is 24.9 Å². The highest BCUT2D eigenvalue weighted by atomic mass is 35.5. The summed E-state index contributed by atoms with van der Waals surface area (Å²) in [6.07, 6.45) is 0. The van der Waals surface area contributed by atoms with Gasteiger partial charge in [-0.05, 0) is 29.3 Å². The van der Waals surface area contributed by atoms with E-state index in [1.807, 2.05) is 6.92 Å². The Morgan fingerprint density at radius 1 is 1.32 bits per heavy atom. The van der Waals surface area contributed by atoms with Gasteiger partial charge in [0.15, 0.2) is 0 Å². The van der Waals surface area contributed by atoms with Crippen molar-refractivity contribution in [2.24, 2.45) is 0 Å². The topological polar surface area (TPSA) is 55.4 Å². The molecule has 0 aliphatic carbocycles. The van der Waals surface area contributed by atoms with Crippen LogP contribution in [0.4, 0.5) is 5.69 Å². The molecule has 0 bridgehead atoms. The van der Waals surface area contributed by atoms with Crippen molar-refractivity contribution in [1.82, 2.24) is 0 Å². The molecule has 0 saturated heterocycles. The first-order valence-electron chi connectivity index (χ1n) is 5.25. The fourth-order valence-corrected chi connectivity index (χ4v) is 3.43. The predicted octanol–water partition coefficient (Wildman–Crippen LogP) is 3.81. The van der Waals surface area contributed by atoms with Crippen molar-refractivity contribution < 1.29 is 14.3 Å². The molecule has 7 heteroatoms. The summed E-state index contributed by atoms with van der Waals surface area (Å²) in [6.45, 7) is 1.81. The predicted molar refractivity (Wildman–Crippen MR) is 77.7 cm³/mol. The minimum Gasteiger partial charge on any atom is -0.465 e. The monoisotopic (exact) mass is 315 g/mol. The number of hydrogen-bond donors (Lipinski definition) is 1. The van der Waals surface area contributed by atoms with Crippen LogP contribution in [0.5, 0.6) is 0 Å². The molecule has 19 heavy (non-hydrogen) atoms. The molecule has 0 aliphatic rings. The van der Waals surface area contributed by atoms with Crippen molar-refractivity contribution in [3.63, 3.8) is 0 Å². The van der Waals surface area contributed by atoms with Crippen LogP contribution >= 0.6 is 34.3 Å². The SMILES string of the molecule is COC(=O)c1scc(C)c1NC(=O)c1sccc1Cl. The van der Waals surface area contributed by atoms with E-state index in [2.05, 4.69) is 10.1 Å². The van der Waals surface area contributed by atoms with Crippen molar-refractivity contribution >= 4 is 51.8 Å². The van der Waals surface area contributed by atoms with Gasteiger partial charge in [0.25, 0.3) is 5.91 Å². The van der Waals surface area contributed by atoms with Crippen LogP contribution in [0.15, 0.2) is 16.8 Å². The van der Waals surface area contributed by atoms with E-state index in [9.17, 15) is 9.59 Å². The standard InChI is InChI=1S/C12H10ClNO3S2/c1-6-5-19-10(12(16)17-2)8(6)14-11(15)9-7(13)3-4-18-9/h3-5H,1-2H3,(H,14,15). The molecule has 4 nitrogen and oxygen atoms in total. The third-order valence-corrected chi connectivity index (χ3v) is 4.83. The van der Waals surface area contributed by atoms with Crippen molar-refractivity contribution in [2.75, 3.05) is 12.4 Å². The minimum absolute atomic E-state index is 0.327. The summed E-state index contributed by atoms with van der Waals surface area (Å²) in [4.78, 5) is 24.5. The lowest BCUT2D eigenvalue weighted by Crippen LogP contribution is -2.13. The van der Waals surface area contributed by atoms with Gasteiger partial charge in [-0.15, -0.1) is 22.7 Å². The molecular formula is C12H10ClNO3S2. The Bertz CT molecular complexity index is 633. The van der Waals surface area contributed by atoms with E-state index in [0.717, 1.165) is 5.56 Å². The van der Waals surface area contributed by atoms with Crippen molar-refractivity contribution in [3.8, 4) is 0 Å². The normalized spacial score (nSPS) is 10.3. The fourth-order valence-electron chi connectivity index (χ4n) is 1.47. The van der Waals surface area contributed by atoms with Gasteiger partial charge in [-0.2, -0.15) is 0 Å². The summed E-state index contributed by atoms with van der Waals surface area (Å²) in [5.74, 6) is -0.794. The number of ether oxygens (including phenoxy) is 1. The van der Waals surface area contributed by atoms with E-state index in [1.165, 1.54) is 29.8 Å². The molecule has 2 aromatic heterocycles. The first-order valence-corrected chi connectivity index (χ1v) is 7.39. The largest absolute Gasteiger partial charge is 0.465 e. The third kappa shape index (κ3) is 2.80. The number of esters is 1. The van der Waals surface area contributed by atoms with Gasteiger partial charge in [-0.3, -0.25) is 4.79 Å². The zero-order valence-corrected chi connectivity index (χ0v) is 12.5. The number of anilines is 1. The molecule has 0 aliphatic heterocycles. The van der Waals surface area contributed by atoms with E-state index in [4.69, 9.17) is 11.6 Å². The van der Waals surface area contributed by atoms with Crippen LogP contribution in [0.25, 0.3) is 0 Å². The van der Waals surface area contributed by atoms with Crippen LogP contribution in [0.2, 0.25) is 5.02 Å². The Morgan fingerprint density at radius 3 is 2.63 bits per heavy atom. The van der Waals surface area contributed by atoms with E-state index in [1.54, 1.807) is 16.8 Å². The molecule has 1 N–H and O–H groups in total. The Kier molecular flexibility index (Phi) is 4.24. The highest BCUT2D eigenvalue weighted by molar-refractivity contribution is 7.13. The molecule has 0 unspecified atom stereocenters. The quantitative estimate of drug-likeness (QED) is 0.876. The molecule has 0 saturated carbocycles. The number of halogens is 1. The molecule has 0 fully saturated rings. The summed E-state index contributed by atoms with van der Waals surface area (Å²) in [7, 11) is 1.30. The van der Waals surface area contributed by atoms with E-state index < -0.39 is 5.97 Å². The summed E-state index contributed by atoms with van der Waals surface area (Å²) < 4.78 is 4.68. The lowest BCUT2D eigenvalue weighted by Gasteiger charge is -2.06. The molecule has 2 rings (SSSR count). The number of methoxy groups -OCH3 is 1. The van der Waals surface area contributed by atoms with Crippen LogP contribution in [0, 0.1) is 6.92 Å². The Hall–Kier alpha value is -1.37. The van der Waals surface area contributed by atoms with Crippen LogP contribution in [-0.4, -0.2) is 19.0 Å². The van der Waals surface area contributed by atoms with Gasteiger partial charge in [0.05, 0.1) is 17.8 Å². The lowest BCUT2D eigenvalue weighted by atomic mass is 10.2. The van der Waals surface area contributed by atoms with Gasteiger partial charge in [0.2, 0.25) is 0 Å². The second kappa shape index (κ2) is 5.73. The molecular weight excluding hydrogens is 306 g/mol. The zero-order chi connectivity index (χ0) is 14.0. The van der Waals surface area contributed by atoms with Gasteiger partial charge in [-0.1, -0.05) is 11.6 Å². The van der Waals surface area contributed by atoms with E-state index >= 15 is 0 Å². The zero-order valence-electron chi connectivity index (χ0n) is 10.2. The second-order valence-electron chi connectivity index (χ2n) is 3.67. The average molecular weight is 316 g/mol. The van der Waals surface area contributed by atoms with Crippen molar-refractivity contribution in [2.45, 2.75) is 6.92 Å². The maximum Gasteiger partial charge on any atom is 0.350 e. The number of hydrogen-bond acceptors (Lipinski definition) is 5. The summed E-state index contributed by atoms with van der Waals surface area (Å²) >= 11 is 8.39. The van der Waals surface area contributed by atoms with Gasteiger partial charge < -0.3 is 10.1 Å². The Morgan fingerprint density at radius 2 is 2.05 bits per heavy atom. The number of nitrogens with one attached hydrogen (secondary N) is 1. The molecule has 0 spiro atoms. The fraction of sp³-hybridized carbons (Fsp3) is 0.167. The highest BCUT2D eigenvalue weighted by Gasteiger charge is 2.20. The number of carbonyl (C=O) groups excluding carboxylic acids is 2. The number of thiophene rings is 2. The van der Waals surface area contributed by atoms with Gasteiger partial charge >= 0.3 is 5.97 Å². The summed E-state index contributed by atoms with van der Waals surface area (Å²) in [5.41, 5.74) is 1.29. The maximum absolute atomic E-state index is 12.1. The summed E-state index contributed by atoms with van der Waals surface area (Å²) in [5, 5.41) is 6.64. The smallest absolute Gasteiger partial charge is 0.350 e. The Labute approximate surface area is 123 Å². The van der Waals surface area contributed by atoms with Crippen molar-refractivity contribution in [3.05, 3.63) is 37.2 Å². The van der Waals surface area contributed by atoms with Crippen LogP contribution in [0.3, 0.4) is 0 Å². The molecule has 0 aromatic carbocycles. The molecule has 1 amide bonds. The first-order chi connectivity index (χ1) is 9.04. The molecule has 2 heterocycles. The van der Waals surface area contributed by atoms with Gasteiger partial charge in [-0.25, -0.2) is 4.79 Å². The molecule has 0 radical (unpaired) electrons. The number of rotatable bonds is 3. The van der Waals surface area contributed by atoms with Gasteiger partial charge in [0.1, 0.15) is 9.75 Å². The molecule has 0 atom stereocenters. The Balaban J connectivity index is 2.29. The lowest BCUT2D eigenvalue weighted by molar-refractivity contribution is 0.0607. The van der Waals surface area contributed by atoms with E-state index in [0.29, 0.717) is 20.5 Å². The van der Waals surface area contributed by atoms with Crippen LogP contribution in [-0.2, 0) is 4.74 Å². The van der Waals surface area contributed by atoms with Crippen LogP contribution < -0.4 is 5.32 Å². The molecule has 100 valence electrons. The average Bonchev–Trinajstić information content (AvgIpc) is 2.96. The van der Waals surface area contributed by atoms with Crippen molar-refractivity contribution in [1.29, 1.82) is 0 Å². The van der Waals surface area contributed by atoms with Gasteiger partial charge in [0, 0.05) is 0 Å². The number of aryl methyl sites for hydroxylation is 1. The minimum atomic E-state index is -0.467. The maximum atomic E-state index is 12.1. The first kappa shape index (κ1) is 14.0. The number of carbonyl (C=O) groups is 2. The highest BCUT2D eigenvalue weighted by Crippen LogP contribution is 2.30. The molecule has 2 aromatic rings. The summed E-state index contributed by atoms with van der Waals surface area (Å²) in [6, 6.07) is 1.66. The third-order valence-electron chi connectivity index (χ3n) is 2.41.